The van der Waals surface area contributed by atoms with Crippen LogP contribution < -0.4 is 0 Å². The van der Waals surface area contributed by atoms with Crippen LogP contribution in [0, 0.1) is 44.7 Å². The molecule has 126 valence electrons. The summed E-state index contributed by atoms with van der Waals surface area (Å²) in [6.07, 6.45) is 3.11. The standard InChI is InChI=1S/C16H24N4O3/c1-14(2)15(3)10-11(16(14,4)20(23)17-15)13-9-7-5-6-8(9)12(10)18(21)19(13)22/h8-13H,5-7H2,1-4H3/t8-,9?,10?,11-,12?,13+,15?,16+/m1/s1. The number of hydrogen-bond donors (Lipinski definition) is 0. The van der Waals surface area contributed by atoms with Crippen LogP contribution in [0.25, 0.3) is 0 Å². The lowest BCUT2D eigenvalue weighted by molar-refractivity contribution is -1.03. The summed E-state index contributed by atoms with van der Waals surface area (Å²) >= 11 is 0. The first-order chi connectivity index (χ1) is 10.7. The van der Waals surface area contributed by atoms with E-state index in [-0.39, 0.29) is 41.2 Å². The summed E-state index contributed by atoms with van der Waals surface area (Å²) < 4.78 is 0. The van der Waals surface area contributed by atoms with Crippen molar-refractivity contribution in [2.45, 2.75) is 70.1 Å². The number of azo groups is 2. The second kappa shape index (κ2) is 3.49. The fraction of sp³-hybridized carbons (Fsp3) is 1.00. The molecule has 6 rings (SSSR count). The normalized spacial score (nSPS) is 58.3. The second-order valence-electron chi connectivity index (χ2n) is 9.19. The highest BCUT2D eigenvalue weighted by atomic mass is 16.6. The molecular formula is C16H24N4O3. The van der Waals surface area contributed by atoms with Crippen molar-refractivity contribution < 1.29 is 14.6 Å². The molecule has 0 aromatic carbocycles. The van der Waals surface area contributed by atoms with Crippen LogP contribution >= 0.6 is 0 Å². The molecule has 0 radical (unpaired) electrons. The first-order valence-corrected chi connectivity index (χ1v) is 8.81. The summed E-state index contributed by atoms with van der Waals surface area (Å²) in [5.74, 6) is 0.465. The Morgan fingerprint density at radius 1 is 0.870 bits per heavy atom. The van der Waals surface area contributed by atoms with Gasteiger partial charge in [0, 0.05) is 28.5 Å². The molecule has 6 aliphatic rings. The lowest BCUT2D eigenvalue weighted by Crippen LogP contribution is -2.69. The molecule has 0 spiro atoms. The van der Waals surface area contributed by atoms with Crippen molar-refractivity contribution in [3.63, 3.8) is 0 Å². The topological polar surface area (TPSA) is 90.6 Å². The predicted molar refractivity (Wildman–Crippen MR) is 79.3 cm³/mol. The third-order valence-electron chi connectivity index (χ3n) is 8.85. The molecule has 3 aliphatic carbocycles. The van der Waals surface area contributed by atoms with Gasteiger partial charge in [0.05, 0.1) is 11.3 Å². The van der Waals surface area contributed by atoms with E-state index in [4.69, 9.17) is 0 Å². The fourth-order valence-corrected chi connectivity index (χ4v) is 7.25. The third kappa shape index (κ3) is 1.07. The number of hydroxylamine groups is 3. The average Bonchev–Trinajstić information content (AvgIpc) is 3.05. The molecule has 4 unspecified atom stereocenters. The maximum absolute atomic E-state index is 12.7. The fourth-order valence-electron chi connectivity index (χ4n) is 7.25. The maximum Gasteiger partial charge on any atom is 0.242 e. The lowest BCUT2D eigenvalue weighted by atomic mass is 9.58. The van der Waals surface area contributed by atoms with E-state index in [1.54, 1.807) is 0 Å². The van der Waals surface area contributed by atoms with Crippen LogP contribution in [-0.2, 0) is 0 Å². The summed E-state index contributed by atoms with van der Waals surface area (Å²) in [5, 5.41) is 42.6. The monoisotopic (exact) mass is 320 g/mol. The Bertz CT molecular complexity index is 689. The Balaban J connectivity index is 1.79. The number of fused-ring (bicyclic) bond motifs is 2. The van der Waals surface area contributed by atoms with Gasteiger partial charge in [0.2, 0.25) is 17.6 Å². The minimum atomic E-state index is -0.715. The molecule has 0 amide bonds. The lowest BCUT2D eigenvalue weighted by Gasteiger charge is -2.49. The van der Waals surface area contributed by atoms with Crippen molar-refractivity contribution in [3.05, 3.63) is 15.6 Å². The van der Waals surface area contributed by atoms with Gasteiger partial charge in [-0.15, -0.1) is 0 Å². The van der Waals surface area contributed by atoms with Gasteiger partial charge in [-0.3, -0.25) is 0 Å². The van der Waals surface area contributed by atoms with Crippen LogP contribution in [0.5, 0.6) is 0 Å². The highest BCUT2D eigenvalue weighted by Crippen LogP contribution is 2.72. The zero-order valence-electron chi connectivity index (χ0n) is 14.1. The molecule has 4 bridgehead atoms. The molecule has 8 atom stereocenters. The van der Waals surface area contributed by atoms with E-state index in [2.05, 4.69) is 19.0 Å². The first kappa shape index (κ1) is 14.0. The number of hydrogen-bond acceptors (Lipinski definition) is 4. The molecule has 0 saturated heterocycles. The summed E-state index contributed by atoms with van der Waals surface area (Å²) in [5.41, 5.74) is -1.65. The molecule has 23 heavy (non-hydrogen) atoms. The minimum Gasteiger partial charge on any atom is -0.599 e. The van der Waals surface area contributed by atoms with Gasteiger partial charge in [-0.2, -0.15) is 0 Å². The van der Waals surface area contributed by atoms with E-state index >= 15 is 0 Å². The van der Waals surface area contributed by atoms with E-state index in [0.717, 1.165) is 24.1 Å². The van der Waals surface area contributed by atoms with Crippen LogP contribution in [0.2, 0.25) is 0 Å². The van der Waals surface area contributed by atoms with E-state index in [1.807, 2.05) is 13.8 Å². The van der Waals surface area contributed by atoms with Crippen molar-refractivity contribution in [1.82, 2.24) is 0 Å². The quantitative estimate of drug-likeness (QED) is 0.507. The molecular weight excluding hydrogens is 296 g/mol. The van der Waals surface area contributed by atoms with E-state index in [1.165, 1.54) is 0 Å². The zero-order valence-corrected chi connectivity index (χ0v) is 14.1. The van der Waals surface area contributed by atoms with Crippen molar-refractivity contribution >= 4 is 0 Å². The van der Waals surface area contributed by atoms with Crippen LogP contribution in [0.4, 0.5) is 0 Å². The molecule has 0 N–H and O–H groups in total. The Morgan fingerprint density at radius 3 is 1.96 bits per heavy atom. The van der Waals surface area contributed by atoms with Gasteiger partial charge in [-0.1, -0.05) is 25.1 Å². The van der Waals surface area contributed by atoms with Crippen LogP contribution in [0.15, 0.2) is 5.11 Å². The van der Waals surface area contributed by atoms with Gasteiger partial charge in [0.25, 0.3) is 0 Å². The van der Waals surface area contributed by atoms with Crippen LogP contribution in [0.1, 0.15) is 47.0 Å². The number of rotatable bonds is 0. The molecule has 3 saturated carbocycles. The Labute approximate surface area is 135 Å². The Hall–Kier alpha value is -1.40. The smallest absolute Gasteiger partial charge is 0.242 e. The molecule has 7 nitrogen and oxygen atoms in total. The number of nitrogens with zero attached hydrogens (tertiary/aromatic N) is 4. The van der Waals surface area contributed by atoms with Gasteiger partial charge >= 0.3 is 0 Å². The zero-order chi connectivity index (χ0) is 16.5. The minimum absolute atomic E-state index is 0.000231. The molecule has 7 heteroatoms. The van der Waals surface area contributed by atoms with Crippen LogP contribution in [0.3, 0.4) is 0 Å². The summed E-state index contributed by atoms with van der Waals surface area (Å²) in [4.78, 5) is 2.26. The third-order valence-corrected chi connectivity index (χ3v) is 8.85. The van der Waals surface area contributed by atoms with Gasteiger partial charge in [0.1, 0.15) is 11.5 Å². The average molecular weight is 320 g/mol. The molecule has 0 aromatic rings. The molecule has 3 fully saturated rings. The Morgan fingerprint density at radius 2 is 1.39 bits per heavy atom. The van der Waals surface area contributed by atoms with Gasteiger partial charge < -0.3 is 15.6 Å². The van der Waals surface area contributed by atoms with Crippen LogP contribution in [-0.4, -0.2) is 37.7 Å². The van der Waals surface area contributed by atoms with Gasteiger partial charge in [-0.25, -0.2) is 0 Å². The van der Waals surface area contributed by atoms with Gasteiger partial charge in [-0.05, 0) is 24.9 Å². The SMILES string of the molecule is CC12N=[N+]([O-])[C@@](C)([C@@H]3C1C1[C@@H]4CCCC4[C@@H]3[N+]([O-])=[N+]1[O-])C2(C)C. The molecule has 0 aromatic heterocycles. The van der Waals surface area contributed by atoms with Crippen molar-refractivity contribution in [1.29, 1.82) is 0 Å². The van der Waals surface area contributed by atoms with E-state index < -0.39 is 11.1 Å². The highest BCUT2D eigenvalue weighted by Gasteiger charge is 2.89. The Kier molecular flexibility index (Phi) is 2.12. The molecule has 3 heterocycles. The van der Waals surface area contributed by atoms with Gasteiger partial charge in [0.15, 0.2) is 0 Å². The highest BCUT2D eigenvalue weighted by molar-refractivity contribution is 5.27. The molecule has 3 aliphatic heterocycles. The second-order valence-corrected chi connectivity index (χ2v) is 9.19. The predicted octanol–water partition coefficient (Wildman–Crippen LogP) is 2.41. The summed E-state index contributed by atoms with van der Waals surface area (Å²) in [6, 6.07) is -0.688. The maximum atomic E-state index is 12.7. The van der Waals surface area contributed by atoms with E-state index in [0.29, 0.717) is 9.72 Å². The summed E-state index contributed by atoms with van der Waals surface area (Å²) in [6.45, 7) is 8.17. The largest absolute Gasteiger partial charge is 0.599 e. The van der Waals surface area contributed by atoms with E-state index in [9.17, 15) is 15.6 Å². The first-order valence-electron chi connectivity index (χ1n) is 8.81. The summed E-state index contributed by atoms with van der Waals surface area (Å²) in [7, 11) is 0. The van der Waals surface area contributed by atoms with Crippen molar-refractivity contribution in [2.24, 2.45) is 34.2 Å². The van der Waals surface area contributed by atoms with Crippen molar-refractivity contribution in [2.75, 3.05) is 0 Å². The van der Waals surface area contributed by atoms with Crippen molar-refractivity contribution in [3.8, 4) is 0 Å².